The molecule has 0 aliphatic carbocycles. The Kier molecular flexibility index (Phi) is 4.42. The molecule has 1 N–H and O–H groups in total. The molecule has 0 heterocycles. The summed E-state index contributed by atoms with van der Waals surface area (Å²) in [6, 6.07) is 10.8. The van der Waals surface area contributed by atoms with Crippen LogP contribution < -0.4 is 10.1 Å². The Morgan fingerprint density at radius 2 is 1.95 bits per heavy atom. The first-order valence-corrected chi connectivity index (χ1v) is 6.79. The highest BCUT2D eigenvalue weighted by atomic mass is 16.6. The molecule has 0 atom stereocenters. The quantitative estimate of drug-likeness (QED) is 0.652. The molecule has 0 unspecified atom stereocenters. The highest BCUT2D eigenvalue weighted by molar-refractivity contribution is 5.69. The lowest BCUT2D eigenvalue weighted by Gasteiger charge is -2.12. The van der Waals surface area contributed by atoms with E-state index in [-0.39, 0.29) is 11.4 Å². The summed E-state index contributed by atoms with van der Waals surface area (Å²) in [5, 5.41) is 14.3. The van der Waals surface area contributed by atoms with Crippen molar-refractivity contribution in [2.75, 3.05) is 11.9 Å². The lowest BCUT2D eigenvalue weighted by molar-refractivity contribution is -0.384. The summed E-state index contributed by atoms with van der Waals surface area (Å²) in [6.07, 6.45) is 0. The number of benzene rings is 2. The molecule has 0 radical (unpaired) electrons. The lowest BCUT2D eigenvalue weighted by Crippen LogP contribution is -2.03. The van der Waals surface area contributed by atoms with Crippen molar-refractivity contribution in [3.8, 4) is 11.5 Å². The van der Waals surface area contributed by atoms with Gasteiger partial charge in [-0.05, 0) is 50.1 Å². The number of aryl methyl sites for hydroxylation is 2. The van der Waals surface area contributed by atoms with Crippen LogP contribution in [0.2, 0.25) is 0 Å². The molecule has 110 valence electrons. The summed E-state index contributed by atoms with van der Waals surface area (Å²) < 4.78 is 5.79. The van der Waals surface area contributed by atoms with Gasteiger partial charge < -0.3 is 10.1 Å². The van der Waals surface area contributed by atoms with Gasteiger partial charge in [0.2, 0.25) is 5.75 Å². The molecule has 5 heteroatoms. The van der Waals surface area contributed by atoms with Gasteiger partial charge in [-0.2, -0.15) is 0 Å². The Morgan fingerprint density at radius 3 is 2.62 bits per heavy atom. The highest BCUT2D eigenvalue weighted by Crippen LogP contribution is 2.38. The maximum absolute atomic E-state index is 11.3. The highest BCUT2D eigenvalue weighted by Gasteiger charge is 2.21. The minimum Gasteiger partial charge on any atom is -0.450 e. The second-order valence-corrected chi connectivity index (χ2v) is 4.81. The van der Waals surface area contributed by atoms with Crippen molar-refractivity contribution >= 4 is 11.4 Å². The van der Waals surface area contributed by atoms with Crippen molar-refractivity contribution in [2.45, 2.75) is 20.8 Å². The third-order valence-corrected chi connectivity index (χ3v) is 3.11. The molecule has 5 nitrogen and oxygen atoms in total. The number of nitrogens with one attached hydrogen (secondary N) is 1. The normalized spacial score (nSPS) is 10.2. The van der Waals surface area contributed by atoms with Crippen molar-refractivity contribution in [3.63, 3.8) is 0 Å². The van der Waals surface area contributed by atoms with Crippen LogP contribution in [-0.2, 0) is 0 Å². The van der Waals surface area contributed by atoms with E-state index in [2.05, 4.69) is 5.32 Å². The molecule has 0 saturated carbocycles. The fourth-order valence-corrected chi connectivity index (χ4v) is 2.06. The number of anilines is 1. The summed E-state index contributed by atoms with van der Waals surface area (Å²) in [6.45, 7) is 6.36. The smallest absolute Gasteiger partial charge is 0.334 e. The van der Waals surface area contributed by atoms with Crippen LogP contribution in [0.4, 0.5) is 11.4 Å². The molecule has 0 aromatic heterocycles. The summed E-state index contributed by atoms with van der Waals surface area (Å²) in [7, 11) is 0. The molecule has 2 aromatic rings. The number of nitro benzene ring substituents is 1. The second-order valence-electron chi connectivity index (χ2n) is 4.81. The van der Waals surface area contributed by atoms with E-state index >= 15 is 0 Å². The van der Waals surface area contributed by atoms with Gasteiger partial charge in [0, 0.05) is 6.54 Å². The average molecular weight is 286 g/mol. The van der Waals surface area contributed by atoms with Crippen LogP contribution in [-0.4, -0.2) is 11.5 Å². The van der Waals surface area contributed by atoms with E-state index in [1.165, 1.54) is 0 Å². The zero-order valence-corrected chi connectivity index (χ0v) is 12.3. The summed E-state index contributed by atoms with van der Waals surface area (Å²) >= 11 is 0. The van der Waals surface area contributed by atoms with Crippen LogP contribution in [0.25, 0.3) is 0 Å². The van der Waals surface area contributed by atoms with Gasteiger partial charge in [-0.15, -0.1) is 0 Å². The van der Waals surface area contributed by atoms with Crippen LogP contribution >= 0.6 is 0 Å². The first-order valence-electron chi connectivity index (χ1n) is 6.79. The molecule has 2 rings (SSSR count). The van der Waals surface area contributed by atoms with Crippen molar-refractivity contribution in [3.05, 3.63) is 57.6 Å². The largest absolute Gasteiger partial charge is 0.450 e. The van der Waals surface area contributed by atoms with Gasteiger partial charge in [0.1, 0.15) is 11.4 Å². The second kappa shape index (κ2) is 6.26. The van der Waals surface area contributed by atoms with E-state index in [1.807, 2.05) is 39.0 Å². The zero-order valence-electron chi connectivity index (χ0n) is 12.3. The van der Waals surface area contributed by atoms with Crippen LogP contribution in [0.5, 0.6) is 11.5 Å². The zero-order chi connectivity index (χ0) is 15.4. The Hall–Kier alpha value is -2.56. The van der Waals surface area contributed by atoms with E-state index in [4.69, 9.17) is 4.74 Å². The summed E-state index contributed by atoms with van der Waals surface area (Å²) in [5.74, 6) is 0.874. The minimum absolute atomic E-state index is 0.0414. The van der Waals surface area contributed by atoms with E-state index in [9.17, 15) is 10.1 Å². The fraction of sp³-hybridized carbons (Fsp3) is 0.250. The average Bonchev–Trinajstić information content (AvgIpc) is 2.43. The SMILES string of the molecule is CCNc1cccc(Oc2cc(C)ccc2C)c1[N+](=O)[O-]. The maximum atomic E-state index is 11.3. The predicted octanol–water partition coefficient (Wildman–Crippen LogP) is 4.44. The predicted molar refractivity (Wildman–Crippen MR) is 83.3 cm³/mol. The van der Waals surface area contributed by atoms with Crippen LogP contribution in [0.15, 0.2) is 36.4 Å². The molecular weight excluding hydrogens is 268 g/mol. The van der Waals surface area contributed by atoms with Gasteiger partial charge in [0.05, 0.1) is 4.92 Å². The number of nitrogens with zero attached hydrogens (tertiary/aromatic N) is 1. The first-order chi connectivity index (χ1) is 10.0. The fourth-order valence-electron chi connectivity index (χ4n) is 2.06. The minimum atomic E-state index is -0.418. The van der Waals surface area contributed by atoms with Crippen molar-refractivity contribution in [1.82, 2.24) is 0 Å². The number of hydrogen-bond acceptors (Lipinski definition) is 4. The van der Waals surface area contributed by atoms with Gasteiger partial charge in [-0.3, -0.25) is 10.1 Å². The maximum Gasteiger partial charge on any atom is 0.334 e. The summed E-state index contributed by atoms with van der Waals surface area (Å²) in [5.41, 5.74) is 2.40. The molecule has 0 saturated heterocycles. The monoisotopic (exact) mass is 286 g/mol. The first kappa shape index (κ1) is 14.8. The third-order valence-electron chi connectivity index (χ3n) is 3.11. The molecular formula is C16H18N2O3. The van der Waals surface area contributed by atoms with Crippen molar-refractivity contribution < 1.29 is 9.66 Å². The molecule has 21 heavy (non-hydrogen) atoms. The van der Waals surface area contributed by atoms with Crippen LogP contribution in [0.1, 0.15) is 18.1 Å². The molecule has 0 aliphatic rings. The Labute approximate surface area is 123 Å². The van der Waals surface area contributed by atoms with Crippen LogP contribution in [0.3, 0.4) is 0 Å². The van der Waals surface area contributed by atoms with Gasteiger partial charge in [0.25, 0.3) is 0 Å². The van der Waals surface area contributed by atoms with Crippen molar-refractivity contribution in [1.29, 1.82) is 0 Å². The number of hydrogen-bond donors (Lipinski definition) is 1. The summed E-state index contributed by atoms with van der Waals surface area (Å²) in [4.78, 5) is 10.9. The number of nitro groups is 1. The molecule has 0 amide bonds. The number of ether oxygens (including phenoxy) is 1. The molecule has 2 aromatic carbocycles. The van der Waals surface area contributed by atoms with Gasteiger partial charge in [-0.1, -0.05) is 18.2 Å². The lowest BCUT2D eigenvalue weighted by atomic mass is 10.1. The standard InChI is InChI=1S/C16H18N2O3/c1-4-17-13-6-5-7-14(16(13)18(19)20)21-15-10-11(2)8-9-12(15)3/h5-10,17H,4H2,1-3H3. The Balaban J connectivity index is 2.46. The van der Waals surface area contributed by atoms with Crippen LogP contribution in [0, 0.1) is 24.0 Å². The van der Waals surface area contributed by atoms with Crippen molar-refractivity contribution in [2.24, 2.45) is 0 Å². The van der Waals surface area contributed by atoms with E-state index in [0.717, 1.165) is 11.1 Å². The van der Waals surface area contributed by atoms with E-state index < -0.39 is 4.92 Å². The molecule has 0 spiro atoms. The van der Waals surface area contributed by atoms with Gasteiger partial charge >= 0.3 is 5.69 Å². The number of para-hydroxylation sites is 1. The molecule has 0 bridgehead atoms. The Morgan fingerprint density at radius 1 is 1.19 bits per heavy atom. The molecule has 0 aliphatic heterocycles. The topological polar surface area (TPSA) is 64.4 Å². The molecule has 0 fully saturated rings. The van der Waals surface area contributed by atoms with E-state index in [1.54, 1.807) is 18.2 Å². The van der Waals surface area contributed by atoms with E-state index in [0.29, 0.717) is 18.0 Å². The third kappa shape index (κ3) is 3.31. The number of rotatable bonds is 5. The van der Waals surface area contributed by atoms with Gasteiger partial charge in [-0.25, -0.2) is 0 Å². The van der Waals surface area contributed by atoms with Gasteiger partial charge in [0.15, 0.2) is 0 Å². The Bertz CT molecular complexity index is 669.